The summed E-state index contributed by atoms with van der Waals surface area (Å²) in [5, 5.41) is 0. The first-order chi connectivity index (χ1) is 9.27. The van der Waals surface area contributed by atoms with Crippen molar-refractivity contribution in [3.05, 3.63) is 0 Å². The van der Waals surface area contributed by atoms with Crippen LogP contribution in [-0.2, 0) is 9.53 Å². The zero-order chi connectivity index (χ0) is 15.6. The summed E-state index contributed by atoms with van der Waals surface area (Å²) < 4.78 is 5.07. The van der Waals surface area contributed by atoms with Gasteiger partial charge < -0.3 is 9.64 Å². The average molecular weight is 284 g/mol. The monoisotopic (exact) mass is 284 g/mol. The summed E-state index contributed by atoms with van der Waals surface area (Å²) in [6, 6.07) is 0. The minimum Gasteiger partial charge on any atom is -0.385 e. The van der Waals surface area contributed by atoms with E-state index in [1.54, 1.807) is 7.11 Å². The molecule has 0 amide bonds. The Morgan fingerprint density at radius 3 is 2.35 bits per heavy atom. The Kier molecular flexibility index (Phi) is 9.68. The molecule has 0 aromatic rings. The number of ether oxygens (including phenoxy) is 1. The second kappa shape index (κ2) is 10.1. The van der Waals surface area contributed by atoms with Gasteiger partial charge in [0.1, 0.15) is 5.78 Å². The first-order valence-electron chi connectivity index (χ1n) is 7.46. The minimum atomic E-state index is -0.286. The fourth-order valence-electron chi connectivity index (χ4n) is 1.72. The van der Waals surface area contributed by atoms with Crippen molar-refractivity contribution < 1.29 is 9.53 Å². The van der Waals surface area contributed by atoms with Crippen LogP contribution in [0.4, 0.5) is 0 Å². The Labute approximate surface area is 124 Å². The molecule has 0 aliphatic heterocycles. The van der Waals surface area contributed by atoms with Gasteiger partial charge in [0, 0.05) is 37.8 Å². The molecule has 0 atom stereocenters. The molecule has 0 radical (unpaired) electrons. The summed E-state index contributed by atoms with van der Waals surface area (Å²) in [6.07, 6.45) is 3.30. The van der Waals surface area contributed by atoms with Crippen LogP contribution in [0, 0.1) is 5.41 Å². The first-order valence-corrected chi connectivity index (χ1v) is 7.46. The van der Waals surface area contributed by atoms with Gasteiger partial charge in [0.2, 0.25) is 0 Å². The summed E-state index contributed by atoms with van der Waals surface area (Å²) in [7, 11) is 5.83. The Bertz CT molecular complexity index is 304. The van der Waals surface area contributed by atoms with E-state index in [9.17, 15) is 4.79 Å². The topological polar surface area (TPSA) is 41.9 Å². The number of carbonyl (C=O) groups excluding carboxylic acids is 1. The third-order valence-electron chi connectivity index (χ3n) is 3.11. The number of hydrogen-bond acceptors (Lipinski definition) is 4. The molecule has 0 heterocycles. The van der Waals surface area contributed by atoms with E-state index in [0.29, 0.717) is 6.42 Å². The van der Waals surface area contributed by atoms with Gasteiger partial charge in [-0.2, -0.15) is 0 Å². The molecule has 0 aromatic carbocycles. The molecule has 0 aromatic heterocycles. The van der Waals surface area contributed by atoms with Gasteiger partial charge in [-0.3, -0.25) is 9.79 Å². The van der Waals surface area contributed by atoms with Crippen LogP contribution in [0.1, 0.15) is 46.5 Å². The van der Waals surface area contributed by atoms with Gasteiger partial charge in [0.05, 0.1) is 0 Å². The summed E-state index contributed by atoms with van der Waals surface area (Å²) in [4.78, 5) is 18.9. The largest absolute Gasteiger partial charge is 0.385 e. The van der Waals surface area contributed by atoms with Crippen molar-refractivity contribution in [2.75, 3.05) is 40.9 Å². The van der Waals surface area contributed by atoms with Crippen LogP contribution < -0.4 is 0 Å². The molecule has 0 saturated heterocycles. The van der Waals surface area contributed by atoms with Gasteiger partial charge in [-0.1, -0.05) is 20.8 Å². The third-order valence-corrected chi connectivity index (χ3v) is 3.11. The Hall–Kier alpha value is -0.740. The molecular formula is C16H32N2O2. The highest BCUT2D eigenvalue weighted by molar-refractivity contribution is 6.03. The van der Waals surface area contributed by atoms with E-state index < -0.39 is 0 Å². The second-order valence-corrected chi connectivity index (χ2v) is 6.55. The molecule has 0 aliphatic rings. The van der Waals surface area contributed by atoms with Crippen LogP contribution in [0.3, 0.4) is 0 Å². The lowest BCUT2D eigenvalue weighted by Crippen LogP contribution is -2.23. The Morgan fingerprint density at radius 2 is 1.85 bits per heavy atom. The highest BCUT2D eigenvalue weighted by Crippen LogP contribution is 2.18. The fraction of sp³-hybridized carbons (Fsp3) is 0.875. The maximum absolute atomic E-state index is 12.1. The zero-order valence-electron chi connectivity index (χ0n) is 14.2. The molecule has 20 heavy (non-hydrogen) atoms. The summed E-state index contributed by atoms with van der Waals surface area (Å²) >= 11 is 0. The zero-order valence-corrected chi connectivity index (χ0v) is 14.2. The van der Waals surface area contributed by atoms with Crippen molar-refractivity contribution in [2.24, 2.45) is 10.4 Å². The van der Waals surface area contributed by atoms with E-state index in [0.717, 1.165) is 44.7 Å². The quantitative estimate of drug-likeness (QED) is 0.457. The molecule has 0 unspecified atom stereocenters. The summed E-state index contributed by atoms with van der Waals surface area (Å²) in [5.74, 6) is 0.265. The van der Waals surface area contributed by atoms with Gasteiger partial charge in [-0.15, -0.1) is 0 Å². The number of rotatable bonds is 10. The predicted molar refractivity (Wildman–Crippen MR) is 85.7 cm³/mol. The van der Waals surface area contributed by atoms with E-state index in [-0.39, 0.29) is 11.2 Å². The Balaban J connectivity index is 4.39. The maximum atomic E-state index is 12.1. The van der Waals surface area contributed by atoms with Gasteiger partial charge >= 0.3 is 0 Å². The van der Waals surface area contributed by atoms with E-state index in [1.165, 1.54) is 0 Å². The number of ketones is 1. The minimum absolute atomic E-state index is 0.265. The van der Waals surface area contributed by atoms with Crippen molar-refractivity contribution in [3.63, 3.8) is 0 Å². The SMILES string of the molecule is COCCC/C(CC(=O)C(C)(C)C)=N\CCCN(C)C. The summed E-state index contributed by atoms with van der Waals surface area (Å²) in [5.41, 5.74) is 0.742. The van der Waals surface area contributed by atoms with Crippen LogP contribution in [0.25, 0.3) is 0 Å². The molecule has 0 fully saturated rings. The van der Waals surface area contributed by atoms with Gasteiger partial charge in [0.25, 0.3) is 0 Å². The van der Waals surface area contributed by atoms with E-state index in [4.69, 9.17) is 4.74 Å². The Morgan fingerprint density at radius 1 is 1.20 bits per heavy atom. The third kappa shape index (κ3) is 10.1. The lowest BCUT2D eigenvalue weighted by Gasteiger charge is -2.17. The van der Waals surface area contributed by atoms with Crippen LogP contribution in [-0.4, -0.2) is 57.3 Å². The van der Waals surface area contributed by atoms with E-state index in [1.807, 2.05) is 20.8 Å². The maximum Gasteiger partial charge on any atom is 0.143 e. The van der Waals surface area contributed by atoms with Gasteiger partial charge in [-0.25, -0.2) is 0 Å². The van der Waals surface area contributed by atoms with Crippen molar-refractivity contribution >= 4 is 11.5 Å². The normalized spacial score (nSPS) is 13.1. The highest BCUT2D eigenvalue weighted by atomic mass is 16.5. The van der Waals surface area contributed by atoms with Crippen LogP contribution in [0.2, 0.25) is 0 Å². The van der Waals surface area contributed by atoms with Crippen molar-refractivity contribution in [1.29, 1.82) is 0 Å². The smallest absolute Gasteiger partial charge is 0.143 e. The lowest BCUT2D eigenvalue weighted by molar-refractivity contribution is -0.125. The average Bonchev–Trinajstić information content (AvgIpc) is 2.32. The molecule has 0 bridgehead atoms. The number of methoxy groups -OCH3 is 1. The van der Waals surface area contributed by atoms with Gasteiger partial charge in [-0.05, 0) is 39.9 Å². The van der Waals surface area contributed by atoms with Crippen molar-refractivity contribution in [2.45, 2.75) is 46.5 Å². The molecule has 0 N–H and O–H groups in total. The molecule has 0 saturated carbocycles. The van der Waals surface area contributed by atoms with E-state index in [2.05, 4.69) is 24.0 Å². The molecule has 0 aliphatic carbocycles. The number of nitrogens with zero attached hydrogens (tertiary/aromatic N) is 2. The van der Waals surface area contributed by atoms with Crippen LogP contribution in [0.15, 0.2) is 4.99 Å². The molecule has 0 spiro atoms. The van der Waals surface area contributed by atoms with Gasteiger partial charge in [0.15, 0.2) is 0 Å². The van der Waals surface area contributed by atoms with Crippen LogP contribution >= 0.6 is 0 Å². The predicted octanol–water partition coefficient (Wildman–Crippen LogP) is 2.81. The standard InChI is InChI=1S/C16H32N2O2/c1-16(2,3)15(19)13-14(9-7-12-20-6)17-10-8-11-18(4)5/h7-13H2,1-6H3/b17-14+. The van der Waals surface area contributed by atoms with Crippen LogP contribution in [0.5, 0.6) is 0 Å². The fourth-order valence-corrected chi connectivity index (χ4v) is 1.72. The lowest BCUT2D eigenvalue weighted by atomic mass is 9.87. The number of carbonyl (C=O) groups is 1. The molecular weight excluding hydrogens is 252 g/mol. The molecule has 0 rings (SSSR count). The molecule has 118 valence electrons. The van der Waals surface area contributed by atoms with Crippen molar-refractivity contribution in [1.82, 2.24) is 4.90 Å². The summed E-state index contributed by atoms with van der Waals surface area (Å²) in [6.45, 7) is 8.46. The number of hydrogen-bond donors (Lipinski definition) is 0. The molecule has 4 heteroatoms. The first kappa shape index (κ1) is 19.3. The molecule has 4 nitrogen and oxygen atoms in total. The van der Waals surface area contributed by atoms with E-state index >= 15 is 0 Å². The second-order valence-electron chi connectivity index (χ2n) is 6.55. The highest BCUT2D eigenvalue weighted by Gasteiger charge is 2.22. The number of Topliss-reactive ketones (excluding diaryl/α,β-unsaturated/α-hetero) is 1. The van der Waals surface area contributed by atoms with Crippen molar-refractivity contribution in [3.8, 4) is 0 Å². The number of aliphatic imine (C=N–C) groups is 1.